The lowest BCUT2D eigenvalue weighted by molar-refractivity contribution is 0.102. The lowest BCUT2D eigenvalue weighted by Gasteiger charge is -2.20. The van der Waals surface area contributed by atoms with Crippen molar-refractivity contribution in [3.05, 3.63) is 101 Å². The second kappa shape index (κ2) is 12.3. The first-order valence-corrected chi connectivity index (χ1v) is 13.9. The van der Waals surface area contributed by atoms with Gasteiger partial charge in [0.1, 0.15) is 17.6 Å². The summed E-state index contributed by atoms with van der Waals surface area (Å²) in [4.78, 5) is 17.1. The summed E-state index contributed by atoms with van der Waals surface area (Å²) in [6.45, 7) is 8.45. The number of methoxy groups -OCH3 is 1. The van der Waals surface area contributed by atoms with Gasteiger partial charge in [0, 0.05) is 35.1 Å². The number of nitrogens with zero attached hydrogens (tertiary/aromatic N) is 4. The minimum Gasteiger partial charge on any atom is -0.493 e. The van der Waals surface area contributed by atoms with Gasteiger partial charge in [-0.2, -0.15) is 4.80 Å². The van der Waals surface area contributed by atoms with Crippen LogP contribution in [0.15, 0.2) is 78.9 Å². The van der Waals surface area contributed by atoms with Gasteiger partial charge in [0.25, 0.3) is 5.91 Å². The van der Waals surface area contributed by atoms with Gasteiger partial charge in [-0.05, 0) is 98.6 Å². The Labute approximate surface area is 244 Å². The van der Waals surface area contributed by atoms with E-state index in [9.17, 15) is 4.79 Å². The molecule has 1 aromatic heterocycles. The number of anilines is 2. The maximum Gasteiger partial charge on any atom is 0.255 e. The zero-order valence-electron chi connectivity index (χ0n) is 23.5. The largest absolute Gasteiger partial charge is 0.493 e. The van der Waals surface area contributed by atoms with E-state index in [1.807, 2.05) is 55.5 Å². The second-order valence-corrected chi connectivity index (χ2v) is 10.0. The van der Waals surface area contributed by atoms with E-state index in [0.717, 1.165) is 41.1 Å². The van der Waals surface area contributed by atoms with Crippen LogP contribution >= 0.6 is 11.6 Å². The number of carbonyl (C=O) groups is 1. The highest BCUT2D eigenvalue weighted by molar-refractivity contribution is 6.30. The van der Waals surface area contributed by atoms with Crippen molar-refractivity contribution >= 4 is 39.9 Å². The minimum absolute atomic E-state index is 0.269. The van der Waals surface area contributed by atoms with Crippen molar-refractivity contribution in [2.24, 2.45) is 0 Å². The van der Waals surface area contributed by atoms with E-state index < -0.39 is 0 Å². The Bertz CT molecular complexity index is 1660. The Morgan fingerprint density at radius 1 is 0.902 bits per heavy atom. The molecular weight excluding hydrogens is 538 g/mol. The highest BCUT2D eigenvalue weighted by atomic mass is 35.5. The van der Waals surface area contributed by atoms with Crippen LogP contribution in [0.2, 0.25) is 5.02 Å². The first-order valence-electron chi connectivity index (χ1n) is 13.5. The van der Waals surface area contributed by atoms with Crippen molar-refractivity contribution in [2.75, 3.05) is 30.4 Å². The number of nitrogens with one attached hydrogen (secondary N) is 1. The Balaban J connectivity index is 1.31. The van der Waals surface area contributed by atoms with Crippen LogP contribution in [0.4, 0.5) is 11.4 Å². The van der Waals surface area contributed by atoms with Crippen molar-refractivity contribution < 1.29 is 14.3 Å². The van der Waals surface area contributed by atoms with E-state index in [2.05, 4.69) is 46.4 Å². The first kappa shape index (κ1) is 28.0. The number of carbonyl (C=O) groups excluding carboxylic acids is 1. The number of halogens is 1. The van der Waals surface area contributed by atoms with Crippen molar-refractivity contribution in [3.8, 4) is 17.2 Å². The minimum atomic E-state index is -0.269. The van der Waals surface area contributed by atoms with E-state index in [0.29, 0.717) is 39.9 Å². The highest BCUT2D eigenvalue weighted by Gasteiger charge is 2.15. The van der Waals surface area contributed by atoms with Gasteiger partial charge in [0.05, 0.1) is 12.8 Å². The maximum atomic E-state index is 13.2. The van der Waals surface area contributed by atoms with Gasteiger partial charge in [-0.3, -0.25) is 4.79 Å². The zero-order chi connectivity index (χ0) is 28.9. The van der Waals surface area contributed by atoms with Crippen LogP contribution in [-0.2, 0) is 6.61 Å². The molecule has 8 nitrogen and oxygen atoms in total. The number of fused-ring (bicyclic) bond motifs is 1. The quantitative estimate of drug-likeness (QED) is 0.194. The normalized spacial score (nSPS) is 11.0. The fourth-order valence-electron chi connectivity index (χ4n) is 4.57. The first-order chi connectivity index (χ1) is 19.9. The monoisotopic (exact) mass is 569 g/mol. The fraction of sp³-hybridized carbons (Fsp3) is 0.219. The van der Waals surface area contributed by atoms with E-state index in [1.165, 1.54) is 0 Å². The Morgan fingerprint density at radius 2 is 1.59 bits per heavy atom. The summed E-state index contributed by atoms with van der Waals surface area (Å²) < 4.78 is 11.4. The number of benzene rings is 4. The Morgan fingerprint density at radius 3 is 2.24 bits per heavy atom. The third kappa shape index (κ3) is 6.28. The number of hydrogen-bond donors (Lipinski definition) is 1. The predicted octanol–water partition coefficient (Wildman–Crippen LogP) is 7.07. The molecule has 0 saturated carbocycles. The van der Waals surface area contributed by atoms with Crippen LogP contribution in [0.5, 0.6) is 11.5 Å². The summed E-state index contributed by atoms with van der Waals surface area (Å²) >= 11 is 5.96. The molecule has 0 radical (unpaired) electrons. The molecule has 0 aliphatic heterocycles. The molecule has 0 fully saturated rings. The molecule has 4 aromatic carbocycles. The van der Waals surface area contributed by atoms with Gasteiger partial charge in [-0.15, -0.1) is 10.2 Å². The molecule has 0 bridgehead atoms. The summed E-state index contributed by atoms with van der Waals surface area (Å²) in [7, 11) is 1.55. The third-order valence-electron chi connectivity index (χ3n) is 6.92. The lowest BCUT2D eigenvalue weighted by Crippen LogP contribution is -2.21. The summed E-state index contributed by atoms with van der Waals surface area (Å²) in [5, 5.41) is 13.0. The van der Waals surface area contributed by atoms with Crippen LogP contribution in [0, 0.1) is 6.92 Å². The van der Waals surface area contributed by atoms with Crippen molar-refractivity contribution in [1.29, 1.82) is 0 Å². The SMILES string of the molecule is CCN(CC)c1ccc(-n2nc3cc(C)c(NC(=O)c4ccc(OCc5ccc(Cl)cc5)c(OC)c4)cc3n2)cc1. The predicted molar refractivity (Wildman–Crippen MR) is 164 cm³/mol. The summed E-state index contributed by atoms with van der Waals surface area (Å²) in [5.74, 6) is 0.737. The standard InChI is InChI=1S/C32H32ClN5O3/c1-5-37(6-2)25-12-14-26(15-13-25)38-35-28-17-21(3)27(19-29(28)36-38)34-32(39)23-9-16-30(31(18-23)40-4)41-20-22-7-10-24(33)11-8-22/h7-19H,5-6,20H2,1-4H3,(H,34,39). The fourth-order valence-corrected chi connectivity index (χ4v) is 4.69. The van der Waals surface area contributed by atoms with Crippen LogP contribution < -0.4 is 19.7 Å². The molecular formula is C32H32ClN5O3. The molecule has 0 unspecified atom stereocenters. The molecule has 9 heteroatoms. The molecule has 210 valence electrons. The van der Waals surface area contributed by atoms with E-state index in [-0.39, 0.29) is 5.91 Å². The van der Waals surface area contributed by atoms with Gasteiger partial charge < -0.3 is 19.7 Å². The van der Waals surface area contributed by atoms with Crippen LogP contribution in [0.25, 0.3) is 16.7 Å². The molecule has 5 aromatic rings. The number of hydrogen-bond acceptors (Lipinski definition) is 6. The highest BCUT2D eigenvalue weighted by Crippen LogP contribution is 2.30. The molecule has 1 N–H and O–H groups in total. The van der Waals surface area contributed by atoms with Crippen LogP contribution in [0.1, 0.15) is 35.3 Å². The average molecular weight is 570 g/mol. The number of aryl methyl sites for hydroxylation is 1. The molecule has 0 aliphatic carbocycles. The Hall–Kier alpha value is -4.56. The number of amides is 1. The van der Waals surface area contributed by atoms with E-state index in [4.69, 9.17) is 21.1 Å². The van der Waals surface area contributed by atoms with Gasteiger partial charge in [-0.1, -0.05) is 23.7 Å². The smallest absolute Gasteiger partial charge is 0.255 e. The second-order valence-electron chi connectivity index (χ2n) is 9.57. The Kier molecular flexibility index (Phi) is 8.40. The number of aromatic nitrogens is 3. The van der Waals surface area contributed by atoms with Gasteiger partial charge in [0.2, 0.25) is 0 Å². The van der Waals surface area contributed by atoms with E-state index in [1.54, 1.807) is 30.1 Å². The molecule has 1 heterocycles. The molecule has 0 saturated heterocycles. The third-order valence-corrected chi connectivity index (χ3v) is 7.17. The van der Waals surface area contributed by atoms with Crippen LogP contribution in [-0.4, -0.2) is 41.1 Å². The zero-order valence-corrected chi connectivity index (χ0v) is 24.3. The number of rotatable bonds is 10. The molecule has 5 rings (SSSR count). The topological polar surface area (TPSA) is 81.5 Å². The van der Waals surface area contributed by atoms with Crippen molar-refractivity contribution in [3.63, 3.8) is 0 Å². The molecule has 1 amide bonds. The molecule has 0 aliphatic rings. The number of ether oxygens (including phenoxy) is 2. The van der Waals surface area contributed by atoms with Gasteiger partial charge >= 0.3 is 0 Å². The molecule has 0 atom stereocenters. The summed E-state index contributed by atoms with van der Waals surface area (Å²) in [6, 6.07) is 24.5. The van der Waals surface area contributed by atoms with Crippen molar-refractivity contribution in [1.82, 2.24) is 15.0 Å². The summed E-state index contributed by atoms with van der Waals surface area (Å²) in [6.07, 6.45) is 0. The molecule has 41 heavy (non-hydrogen) atoms. The van der Waals surface area contributed by atoms with E-state index >= 15 is 0 Å². The van der Waals surface area contributed by atoms with Gasteiger partial charge in [0.15, 0.2) is 11.5 Å². The summed E-state index contributed by atoms with van der Waals surface area (Å²) in [5.41, 5.74) is 6.41. The lowest BCUT2D eigenvalue weighted by atomic mass is 10.1. The van der Waals surface area contributed by atoms with Crippen LogP contribution in [0.3, 0.4) is 0 Å². The maximum absolute atomic E-state index is 13.2. The molecule has 0 spiro atoms. The average Bonchev–Trinajstić information content (AvgIpc) is 3.40. The van der Waals surface area contributed by atoms with Gasteiger partial charge in [-0.25, -0.2) is 0 Å². The van der Waals surface area contributed by atoms with Crippen molar-refractivity contribution in [2.45, 2.75) is 27.4 Å².